The molecule has 102 valence electrons. The van der Waals surface area contributed by atoms with E-state index in [-0.39, 0.29) is 0 Å². The van der Waals surface area contributed by atoms with Gasteiger partial charge in [0.2, 0.25) is 5.89 Å². The molecular weight excluding hydrogens is 262 g/mol. The first-order chi connectivity index (χ1) is 9.28. The second-order valence-electron chi connectivity index (χ2n) is 3.97. The molecule has 0 aliphatic carbocycles. The van der Waals surface area contributed by atoms with Crippen molar-refractivity contribution in [2.45, 2.75) is 18.6 Å². The lowest BCUT2D eigenvalue weighted by molar-refractivity contribution is 0.343. The summed E-state index contributed by atoms with van der Waals surface area (Å²) in [5.74, 6) is 2.22. The maximum absolute atomic E-state index is 5.63. The summed E-state index contributed by atoms with van der Waals surface area (Å²) in [6, 6.07) is 8.01. The van der Waals surface area contributed by atoms with E-state index in [4.69, 9.17) is 14.9 Å². The average Bonchev–Trinajstić information content (AvgIpc) is 2.83. The zero-order chi connectivity index (χ0) is 13.5. The zero-order valence-corrected chi connectivity index (χ0v) is 11.7. The molecule has 1 heterocycles. The van der Waals surface area contributed by atoms with Crippen LogP contribution in [-0.4, -0.2) is 29.1 Å². The first kappa shape index (κ1) is 13.9. The van der Waals surface area contributed by atoms with E-state index in [0.29, 0.717) is 24.3 Å². The lowest BCUT2D eigenvalue weighted by atomic mass is 10.1. The Morgan fingerprint density at radius 2 is 2.05 bits per heavy atom. The molecule has 2 rings (SSSR count). The lowest BCUT2D eigenvalue weighted by Gasteiger charge is -2.05. The number of nitrogens with two attached hydrogens (primary N) is 1. The minimum absolute atomic E-state index is 0.582. The van der Waals surface area contributed by atoms with Crippen molar-refractivity contribution in [3.8, 4) is 5.75 Å². The molecule has 0 bridgehead atoms. The molecule has 0 atom stereocenters. The minimum Gasteiger partial charge on any atom is -0.493 e. The van der Waals surface area contributed by atoms with Crippen LogP contribution in [0.25, 0.3) is 0 Å². The van der Waals surface area contributed by atoms with Gasteiger partial charge in [-0.3, -0.25) is 0 Å². The van der Waals surface area contributed by atoms with Gasteiger partial charge < -0.3 is 14.9 Å². The molecule has 0 aliphatic heterocycles. The van der Waals surface area contributed by atoms with E-state index in [2.05, 4.69) is 10.2 Å². The Bertz CT molecular complexity index is 499. The standard InChI is InChI=1S/C13H17N3O2S/c1-10-15-16-13(18-10)19-9-8-17-12-4-2-11(3-5-12)6-7-14/h2-5H,6-9,14H2,1H3. The van der Waals surface area contributed by atoms with E-state index < -0.39 is 0 Å². The first-order valence-electron chi connectivity index (χ1n) is 6.12. The van der Waals surface area contributed by atoms with Crippen molar-refractivity contribution in [3.63, 3.8) is 0 Å². The van der Waals surface area contributed by atoms with Crippen molar-refractivity contribution in [1.29, 1.82) is 0 Å². The summed E-state index contributed by atoms with van der Waals surface area (Å²) in [5, 5.41) is 8.25. The van der Waals surface area contributed by atoms with Crippen LogP contribution in [-0.2, 0) is 6.42 Å². The van der Waals surface area contributed by atoms with Gasteiger partial charge in [-0.05, 0) is 30.7 Å². The molecule has 0 aliphatic rings. The Hall–Kier alpha value is -1.53. The van der Waals surface area contributed by atoms with E-state index in [1.807, 2.05) is 24.3 Å². The number of benzene rings is 1. The molecule has 2 N–H and O–H groups in total. The predicted molar refractivity (Wildman–Crippen MR) is 74.5 cm³/mol. The van der Waals surface area contributed by atoms with Gasteiger partial charge in [-0.1, -0.05) is 23.9 Å². The van der Waals surface area contributed by atoms with Crippen LogP contribution < -0.4 is 10.5 Å². The van der Waals surface area contributed by atoms with Gasteiger partial charge in [-0.25, -0.2) is 0 Å². The van der Waals surface area contributed by atoms with E-state index in [1.165, 1.54) is 17.3 Å². The Balaban J connectivity index is 1.70. The normalized spacial score (nSPS) is 10.6. The zero-order valence-electron chi connectivity index (χ0n) is 10.8. The molecule has 1 aromatic heterocycles. The summed E-state index contributed by atoms with van der Waals surface area (Å²) in [6.07, 6.45) is 0.895. The van der Waals surface area contributed by atoms with Crippen molar-refractivity contribution in [1.82, 2.24) is 10.2 Å². The van der Waals surface area contributed by atoms with E-state index in [9.17, 15) is 0 Å². The highest BCUT2D eigenvalue weighted by Gasteiger charge is 2.02. The van der Waals surface area contributed by atoms with Crippen molar-refractivity contribution < 1.29 is 9.15 Å². The molecule has 0 radical (unpaired) electrons. The quantitative estimate of drug-likeness (QED) is 0.617. The molecule has 0 saturated carbocycles. The van der Waals surface area contributed by atoms with Crippen LogP contribution in [0.4, 0.5) is 0 Å². The second kappa shape index (κ2) is 7.16. The Kier molecular flexibility index (Phi) is 5.23. The maximum Gasteiger partial charge on any atom is 0.276 e. The molecule has 0 saturated heterocycles. The fourth-order valence-electron chi connectivity index (χ4n) is 1.54. The van der Waals surface area contributed by atoms with Crippen LogP contribution in [0.15, 0.2) is 33.9 Å². The Labute approximate surface area is 116 Å². The molecule has 1 aromatic carbocycles. The molecule has 19 heavy (non-hydrogen) atoms. The van der Waals surface area contributed by atoms with Gasteiger partial charge in [-0.15, -0.1) is 10.2 Å². The third-order valence-electron chi connectivity index (χ3n) is 2.44. The average molecular weight is 279 g/mol. The van der Waals surface area contributed by atoms with Crippen molar-refractivity contribution in [3.05, 3.63) is 35.7 Å². The fraction of sp³-hybridized carbons (Fsp3) is 0.385. The number of hydrogen-bond donors (Lipinski definition) is 1. The van der Waals surface area contributed by atoms with Crippen molar-refractivity contribution in [2.24, 2.45) is 5.73 Å². The number of rotatable bonds is 7. The Morgan fingerprint density at radius 1 is 1.26 bits per heavy atom. The first-order valence-corrected chi connectivity index (χ1v) is 7.11. The molecular formula is C13H17N3O2S. The van der Waals surface area contributed by atoms with Crippen LogP contribution in [0.1, 0.15) is 11.5 Å². The van der Waals surface area contributed by atoms with Gasteiger partial charge >= 0.3 is 0 Å². The highest BCUT2D eigenvalue weighted by Crippen LogP contribution is 2.17. The molecule has 0 spiro atoms. The van der Waals surface area contributed by atoms with E-state index in [1.54, 1.807) is 6.92 Å². The second-order valence-corrected chi connectivity index (χ2v) is 5.01. The van der Waals surface area contributed by atoms with Gasteiger partial charge in [0, 0.05) is 12.7 Å². The smallest absolute Gasteiger partial charge is 0.276 e. The van der Waals surface area contributed by atoms with Gasteiger partial charge in [0.15, 0.2) is 0 Å². The predicted octanol–water partition coefficient (Wildman–Crippen LogP) is 2.05. The number of nitrogens with zero attached hydrogens (tertiary/aromatic N) is 2. The van der Waals surface area contributed by atoms with Crippen LogP contribution in [0.2, 0.25) is 0 Å². The topological polar surface area (TPSA) is 74.2 Å². The van der Waals surface area contributed by atoms with Gasteiger partial charge in [0.05, 0.1) is 6.61 Å². The lowest BCUT2D eigenvalue weighted by Crippen LogP contribution is -2.03. The highest BCUT2D eigenvalue weighted by molar-refractivity contribution is 7.99. The minimum atomic E-state index is 0.582. The Morgan fingerprint density at radius 3 is 2.68 bits per heavy atom. The number of ether oxygens (including phenoxy) is 1. The molecule has 6 heteroatoms. The third-order valence-corrected chi connectivity index (χ3v) is 3.22. The van der Waals surface area contributed by atoms with Gasteiger partial charge in [0.1, 0.15) is 5.75 Å². The summed E-state index contributed by atoms with van der Waals surface area (Å²) in [4.78, 5) is 0. The van der Waals surface area contributed by atoms with Crippen LogP contribution >= 0.6 is 11.8 Å². The molecule has 2 aromatic rings. The van der Waals surface area contributed by atoms with Gasteiger partial charge in [0.25, 0.3) is 5.22 Å². The van der Waals surface area contributed by atoms with E-state index >= 15 is 0 Å². The molecule has 0 fully saturated rings. The largest absolute Gasteiger partial charge is 0.493 e. The number of hydrogen-bond acceptors (Lipinski definition) is 6. The van der Waals surface area contributed by atoms with Crippen LogP contribution in [0.3, 0.4) is 0 Å². The van der Waals surface area contributed by atoms with Crippen LogP contribution in [0, 0.1) is 6.92 Å². The monoisotopic (exact) mass is 279 g/mol. The van der Waals surface area contributed by atoms with Crippen molar-refractivity contribution >= 4 is 11.8 Å². The number of thioether (sulfide) groups is 1. The van der Waals surface area contributed by atoms with Crippen molar-refractivity contribution in [2.75, 3.05) is 18.9 Å². The summed E-state index contributed by atoms with van der Waals surface area (Å²) < 4.78 is 10.9. The SMILES string of the molecule is Cc1nnc(SCCOc2ccc(CCN)cc2)o1. The van der Waals surface area contributed by atoms with Gasteiger partial charge in [-0.2, -0.15) is 0 Å². The molecule has 0 amide bonds. The molecule has 0 unspecified atom stereocenters. The summed E-state index contributed by atoms with van der Waals surface area (Å²) in [6.45, 7) is 3.04. The third kappa shape index (κ3) is 4.57. The van der Waals surface area contributed by atoms with E-state index in [0.717, 1.165) is 17.9 Å². The summed E-state index contributed by atoms with van der Waals surface area (Å²) in [7, 11) is 0. The summed E-state index contributed by atoms with van der Waals surface area (Å²) >= 11 is 1.49. The number of aromatic nitrogens is 2. The fourth-order valence-corrected chi connectivity index (χ4v) is 2.16. The van der Waals surface area contributed by atoms with Crippen LogP contribution in [0.5, 0.6) is 5.75 Å². The summed E-state index contributed by atoms with van der Waals surface area (Å²) in [5.41, 5.74) is 6.73. The number of aryl methyl sites for hydroxylation is 1. The highest BCUT2D eigenvalue weighted by atomic mass is 32.2. The maximum atomic E-state index is 5.63. The molecule has 5 nitrogen and oxygen atoms in total.